The van der Waals surface area contributed by atoms with Crippen LogP contribution in [0.5, 0.6) is 0 Å². The van der Waals surface area contributed by atoms with Crippen LogP contribution in [0.3, 0.4) is 0 Å². The molecule has 0 heterocycles. The summed E-state index contributed by atoms with van der Waals surface area (Å²) in [5, 5.41) is 10.5. The number of rotatable bonds is 2. The van der Waals surface area contributed by atoms with E-state index in [2.05, 4.69) is 22.6 Å². The number of benzene rings is 2. The molecule has 0 aromatic heterocycles. The summed E-state index contributed by atoms with van der Waals surface area (Å²) in [7, 11) is 0. The van der Waals surface area contributed by atoms with Gasteiger partial charge >= 0.3 is 0 Å². The number of fused-ring (bicyclic) bond motifs is 1. The SMILES string of the molecule is N#CCC(=O)c1ccc(I)c2ccccc12. The maximum atomic E-state index is 11.7. The molecular weight excluding hydrogens is 313 g/mol. The highest BCUT2D eigenvalue weighted by Crippen LogP contribution is 2.24. The van der Waals surface area contributed by atoms with Crippen molar-refractivity contribution >= 4 is 39.1 Å². The van der Waals surface area contributed by atoms with Gasteiger partial charge in [-0.15, -0.1) is 0 Å². The zero-order valence-corrected chi connectivity index (χ0v) is 10.6. The second-order valence-corrected chi connectivity index (χ2v) is 4.56. The Morgan fingerprint density at radius 1 is 1.19 bits per heavy atom. The number of carbonyl (C=O) groups is 1. The van der Waals surface area contributed by atoms with E-state index in [-0.39, 0.29) is 12.2 Å². The van der Waals surface area contributed by atoms with Gasteiger partial charge < -0.3 is 0 Å². The van der Waals surface area contributed by atoms with Crippen LogP contribution in [0.2, 0.25) is 0 Å². The number of halogens is 1. The summed E-state index contributed by atoms with van der Waals surface area (Å²) in [4.78, 5) is 11.7. The highest BCUT2D eigenvalue weighted by molar-refractivity contribution is 14.1. The molecule has 0 N–H and O–H groups in total. The monoisotopic (exact) mass is 321 g/mol. The fourth-order valence-electron chi connectivity index (χ4n) is 1.67. The van der Waals surface area contributed by atoms with E-state index in [1.165, 1.54) is 0 Å². The van der Waals surface area contributed by atoms with Crippen molar-refractivity contribution in [2.45, 2.75) is 6.42 Å². The summed E-state index contributed by atoms with van der Waals surface area (Å²) in [6, 6.07) is 13.4. The summed E-state index contributed by atoms with van der Waals surface area (Å²) in [6.07, 6.45) is -0.0649. The van der Waals surface area contributed by atoms with Crippen molar-refractivity contribution in [2.24, 2.45) is 0 Å². The Bertz CT molecular complexity index is 598. The third-order valence-corrected chi connectivity index (χ3v) is 3.35. The Labute approximate surface area is 107 Å². The van der Waals surface area contributed by atoms with E-state index < -0.39 is 0 Å². The molecule has 2 aromatic carbocycles. The molecule has 78 valence electrons. The first-order valence-electron chi connectivity index (χ1n) is 4.81. The quantitative estimate of drug-likeness (QED) is 0.627. The molecule has 0 bridgehead atoms. The Kier molecular flexibility index (Phi) is 3.20. The second kappa shape index (κ2) is 4.62. The van der Waals surface area contributed by atoms with E-state index in [1.807, 2.05) is 36.4 Å². The lowest BCUT2D eigenvalue weighted by Crippen LogP contribution is -1.99. The average Bonchev–Trinajstić information content (AvgIpc) is 2.30. The number of hydrogen-bond acceptors (Lipinski definition) is 2. The summed E-state index contributed by atoms with van der Waals surface area (Å²) in [5.74, 6) is -0.116. The smallest absolute Gasteiger partial charge is 0.177 e. The van der Waals surface area contributed by atoms with Crippen LogP contribution < -0.4 is 0 Å². The number of carbonyl (C=O) groups excluding carboxylic acids is 1. The fraction of sp³-hybridized carbons (Fsp3) is 0.0769. The van der Waals surface area contributed by atoms with Gasteiger partial charge in [-0.1, -0.05) is 24.3 Å². The molecule has 0 saturated carbocycles. The molecule has 2 rings (SSSR count). The molecule has 0 saturated heterocycles. The maximum Gasteiger partial charge on any atom is 0.177 e. The molecule has 0 amide bonds. The van der Waals surface area contributed by atoms with Crippen molar-refractivity contribution in [3.8, 4) is 6.07 Å². The topological polar surface area (TPSA) is 40.9 Å². The van der Waals surface area contributed by atoms with Crippen LogP contribution in [-0.4, -0.2) is 5.78 Å². The molecule has 0 aliphatic carbocycles. The minimum atomic E-state index is -0.116. The van der Waals surface area contributed by atoms with Crippen LogP contribution in [0.4, 0.5) is 0 Å². The van der Waals surface area contributed by atoms with Gasteiger partial charge in [0, 0.05) is 9.13 Å². The fourth-order valence-corrected chi connectivity index (χ4v) is 2.32. The zero-order chi connectivity index (χ0) is 11.5. The van der Waals surface area contributed by atoms with E-state index in [0.717, 1.165) is 14.3 Å². The molecule has 0 aliphatic rings. The molecule has 0 spiro atoms. The van der Waals surface area contributed by atoms with Crippen molar-refractivity contribution < 1.29 is 4.79 Å². The lowest BCUT2D eigenvalue weighted by atomic mass is 10.0. The van der Waals surface area contributed by atoms with Crippen molar-refractivity contribution in [1.82, 2.24) is 0 Å². The van der Waals surface area contributed by atoms with Crippen LogP contribution in [-0.2, 0) is 0 Å². The number of hydrogen-bond donors (Lipinski definition) is 0. The van der Waals surface area contributed by atoms with Gasteiger partial charge in [-0.2, -0.15) is 5.26 Å². The molecule has 0 radical (unpaired) electrons. The standard InChI is InChI=1S/C13H8INO/c14-12-6-5-11(13(16)7-8-15)9-3-1-2-4-10(9)12/h1-6H,7H2. The molecule has 3 heteroatoms. The molecule has 16 heavy (non-hydrogen) atoms. The van der Waals surface area contributed by atoms with Crippen LogP contribution in [0, 0.1) is 14.9 Å². The van der Waals surface area contributed by atoms with Crippen molar-refractivity contribution in [3.63, 3.8) is 0 Å². The van der Waals surface area contributed by atoms with E-state index in [0.29, 0.717) is 5.56 Å². The lowest BCUT2D eigenvalue weighted by Gasteiger charge is -2.05. The van der Waals surface area contributed by atoms with E-state index in [4.69, 9.17) is 5.26 Å². The summed E-state index contributed by atoms with van der Waals surface area (Å²) in [5.41, 5.74) is 0.637. The minimum absolute atomic E-state index is 0.0649. The van der Waals surface area contributed by atoms with Gasteiger partial charge in [0.25, 0.3) is 0 Å². The Morgan fingerprint density at radius 2 is 1.88 bits per heavy atom. The molecule has 0 fully saturated rings. The van der Waals surface area contributed by atoms with Gasteiger partial charge in [0.05, 0.1) is 12.5 Å². The van der Waals surface area contributed by atoms with Crippen molar-refractivity contribution in [2.75, 3.05) is 0 Å². The molecule has 2 nitrogen and oxygen atoms in total. The first-order valence-corrected chi connectivity index (χ1v) is 5.89. The third-order valence-electron chi connectivity index (χ3n) is 2.41. The molecule has 2 aromatic rings. The van der Waals surface area contributed by atoms with Gasteiger partial charge in [0.15, 0.2) is 5.78 Å². The largest absolute Gasteiger partial charge is 0.293 e. The van der Waals surface area contributed by atoms with Gasteiger partial charge in [-0.25, -0.2) is 0 Å². The summed E-state index contributed by atoms with van der Waals surface area (Å²) < 4.78 is 1.11. The Balaban J connectivity index is 2.68. The van der Waals surface area contributed by atoms with E-state index in [1.54, 1.807) is 6.07 Å². The van der Waals surface area contributed by atoms with Crippen LogP contribution >= 0.6 is 22.6 Å². The van der Waals surface area contributed by atoms with E-state index in [9.17, 15) is 4.79 Å². The van der Waals surface area contributed by atoms with Crippen LogP contribution in [0.15, 0.2) is 36.4 Å². The zero-order valence-electron chi connectivity index (χ0n) is 8.40. The van der Waals surface area contributed by atoms with Crippen molar-refractivity contribution in [1.29, 1.82) is 5.26 Å². The van der Waals surface area contributed by atoms with Gasteiger partial charge in [0.1, 0.15) is 0 Å². The first kappa shape index (κ1) is 11.1. The summed E-state index contributed by atoms with van der Waals surface area (Å²) >= 11 is 2.24. The van der Waals surface area contributed by atoms with Crippen LogP contribution in [0.25, 0.3) is 10.8 Å². The third kappa shape index (κ3) is 1.93. The number of nitrogens with zero attached hydrogens (tertiary/aromatic N) is 1. The molecule has 0 aliphatic heterocycles. The number of Topliss-reactive ketones (excluding diaryl/α,β-unsaturated/α-hetero) is 1. The number of ketones is 1. The first-order chi connectivity index (χ1) is 7.74. The molecular formula is C13H8INO. The van der Waals surface area contributed by atoms with Gasteiger partial charge in [-0.3, -0.25) is 4.79 Å². The predicted octanol–water partition coefficient (Wildman–Crippen LogP) is 3.54. The Hall–Kier alpha value is -1.41. The van der Waals surface area contributed by atoms with Gasteiger partial charge in [0.2, 0.25) is 0 Å². The molecule has 0 unspecified atom stereocenters. The van der Waals surface area contributed by atoms with Gasteiger partial charge in [-0.05, 0) is 45.5 Å². The highest BCUT2D eigenvalue weighted by Gasteiger charge is 2.10. The normalized spacial score (nSPS) is 10.0. The summed E-state index contributed by atoms with van der Waals surface area (Å²) in [6.45, 7) is 0. The second-order valence-electron chi connectivity index (χ2n) is 3.40. The predicted molar refractivity (Wildman–Crippen MR) is 71.2 cm³/mol. The highest BCUT2D eigenvalue weighted by atomic mass is 127. The average molecular weight is 321 g/mol. The van der Waals surface area contributed by atoms with Crippen molar-refractivity contribution in [3.05, 3.63) is 45.5 Å². The molecule has 0 atom stereocenters. The van der Waals surface area contributed by atoms with E-state index >= 15 is 0 Å². The maximum absolute atomic E-state index is 11.7. The Morgan fingerprint density at radius 3 is 2.56 bits per heavy atom. The van der Waals surface area contributed by atoms with Crippen LogP contribution in [0.1, 0.15) is 16.8 Å². The lowest BCUT2D eigenvalue weighted by molar-refractivity contribution is 0.0999. The minimum Gasteiger partial charge on any atom is -0.293 e. The number of nitriles is 1.